The summed E-state index contributed by atoms with van der Waals surface area (Å²) in [6, 6.07) is 7.93. The third-order valence-electron chi connectivity index (χ3n) is 4.17. The van der Waals surface area contributed by atoms with Gasteiger partial charge in [0.05, 0.1) is 28.8 Å². The second kappa shape index (κ2) is 5.26. The van der Waals surface area contributed by atoms with Gasteiger partial charge in [-0.3, -0.25) is 0 Å². The van der Waals surface area contributed by atoms with Gasteiger partial charge < -0.3 is 9.30 Å². The Hall–Kier alpha value is -1.86. The molecule has 20 heavy (non-hydrogen) atoms. The van der Waals surface area contributed by atoms with Crippen molar-refractivity contribution in [2.75, 3.05) is 6.61 Å². The number of nitrogens with zero attached hydrogens (tertiary/aromatic N) is 3. The van der Waals surface area contributed by atoms with Gasteiger partial charge in [0.15, 0.2) is 0 Å². The lowest BCUT2D eigenvalue weighted by Gasteiger charge is -2.17. The number of hydrogen-bond acceptors (Lipinski definition) is 3. The van der Waals surface area contributed by atoms with Crippen molar-refractivity contribution in [1.29, 1.82) is 5.26 Å². The molecule has 4 heteroatoms. The second-order valence-electron chi connectivity index (χ2n) is 5.24. The molecule has 2 heterocycles. The number of ether oxygens (including phenoxy) is 1. The van der Waals surface area contributed by atoms with E-state index in [-0.39, 0.29) is 6.10 Å². The van der Waals surface area contributed by atoms with Crippen molar-refractivity contribution in [2.45, 2.75) is 45.3 Å². The van der Waals surface area contributed by atoms with Crippen LogP contribution in [0.4, 0.5) is 0 Å². The summed E-state index contributed by atoms with van der Waals surface area (Å²) in [6.45, 7) is 6.01. The highest BCUT2D eigenvalue weighted by atomic mass is 16.5. The molecule has 1 aromatic carbocycles. The number of aryl methyl sites for hydroxylation is 1. The van der Waals surface area contributed by atoms with E-state index in [1.165, 1.54) is 0 Å². The highest BCUT2D eigenvalue weighted by Crippen LogP contribution is 2.34. The Morgan fingerprint density at radius 2 is 2.30 bits per heavy atom. The second-order valence-corrected chi connectivity index (χ2v) is 5.24. The highest BCUT2D eigenvalue weighted by molar-refractivity contribution is 5.78. The molecule has 0 spiro atoms. The van der Waals surface area contributed by atoms with Crippen molar-refractivity contribution in [1.82, 2.24) is 9.55 Å². The molecule has 2 atom stereocenters. The van der Waals surface area contributed by atoms with E-state index < -0.39 is 0 Å². The Morgan fingerprint density at radius 3 is 3.00 bits per heavy atom. The van der Waals surface area contributed by atoms with Crippen LogP contribution in [0.5, 0.6) is 0 Å². The number of rotatable bonds is 3. The van der Waals surface area contributed by atoms with Gasteiger partial charge in [-0.25, -0.2) is 4.98 Å². The molecule has 4 nitrogen and oxygen atoms in total. The fraction of sp³-hybridized carbons (Fsp3) is 0.500. The van der Waals surface area contributed by atoms with Crippen molar-refractivity contribution in [3.05, 3.63) is 29.6 Å². The minimum atomic E-state index is 0.271. The monoisotopic (exact) mass is 269 g/mol. The number of aromatic nitrogens is 2. The molecule has 1 aliphatic heterocycles. The van der Waals surface area contributed by atoms with Crippen LogP contribution in [0.3, 0.4) is 0 Å². The van der Waals surface area contributed by atoms with Crippen LogP contribution in [-0.4, -0.2) is 22.3 Å². The Kier molecular flexibility index (Phi) is 3.45. The molecular weight excluding hydrogens is 250 g/mol. The minimum Gasteiger partial charge on any atom is -0.377 e. The summed E-state index contributed by atoms with van der Waals surface area (Å²) < 4.78 is 8.07. The topological polar surface area (TPSA) is 50.8 Å². The summed E-state index contributed by atoms with van der Waals surface area (Å²) in [5, 5.41) is 9.02. The van der Waals surface area contributed by atoms with E-state index in [1.807, 2.05) is 18.2 Å². The van der Waals surface area contributed by atoms with E-state index in [1.54, 1.807) is 0 Å². The minimum absolute atomic E-state index is 0.271. The Bertz CT molecular complexity index is 668. The zero-order chi connectivity index (χ0) is 14.1. The van der Waals surface area contributed by atoms with Crippen LogP contribution in [-0.2, 0) is 11.3 Å². The molecule has 0 aliphatic carbocycles. The first-order chi connectivity index (χ1) is 9.78. The maximum absolute atomic E-state index is 9.02. The van der Waals surface area contributed by atoms with Crippen molar-refractivity contribution in [2.24, 2.45) is 0 Å². The third kappa shape index (κ3) is 1.99. The van der Waals surface area contributed by atoms with E-state index >= 15 is 0 Å². The predicted octanol–water partition coefficient (Wildman–Crippen LogP) is 3.21. The van der Waals surface area contributed by atoms with Gasteiger partial charge in [-0.05, 0) is 38.0 Å². The maximum Gasteiger partial charge on any atom is 0.115 e. The van der Waals surface area contributed by atoms with Crippen LogP contribution in [0.25, 0.3) is 11.0 Å². The lowest BCUT2D eigenvalue weighted by atomic mass is 9.99. The quantitative estimate of drug-likeness (QED) is 0.859. The number of benzene rings is 1. The fourth-order valence-electron chi connectivity index (χ4n) is 3.18. The van der Waals surface area contributed by atoms with Crippen molar-refractivity contribution in [3.8, 4) is 6.07 Å². The number of fused-ring (bicyclic) bond motifs is 1. The average Bonchev–Trinajstić information content (AvgIpc) is 3.09. The van der Waals surface area contributed by atoms with Gasteiger partial charge in [-0.1, -0.05) is 6.92 Å². The Morgan fingerprint density at radius 1 is 1.45 bits per heavy atom. The molecule has 0 radical (unpaired) electrons. The molecule has 1 fully saturated rings. The van der Waals surface area contributed by atoms with Gasteiger partial charge in [0.2, 0.25) is 0 Å². The molecule has 3 rings (SSSR count). The van der Waals surface area contributed by atoms with E-state index in [4.69, 9.17) is 15.0 Å². The molecule has 2 aromatic rings. The van der Waals surface area contributed by atoms with E-state index in [2.05, 4.69) is 24.5 Å². The number of hydrogen-bond donors (Lipinski definition) is 0. The first-order valence-electron chi connectivity index (χ1n) is 7.30. The van der Waals surface area contributed by atoms with E-state index in [0.717, 1.165) is 42.9 Å². The molecule has 0 amide bonds. The smallest absolute Gasteiger partial charge is 0.115 e. The molecular formula is C16H19N3O. The SMILES string of the molecule is CCC1OCCC1c1nc2cc(C#N)ccc2n1CC. The maximum atomic E-state index is 9.02. The van der Waals surface area contributed by atoms with Gasteiger partial charge in [0.1, 0.15) is 5.82 Å². The van der Waals surface area contributed by atoms with Crippen molar-refractivity contribution < 1.29 is 4.74 Å². The zero-order valence-corrected chi connectivity index (χ0v) is 12.0. The third-order valence-corrected chi connectivity index (χ3v) is 4.17. The van der Waals surface area contributed by atoms with Crippen LogP contribution in [0.1, 0.15) is 44.0 Å². The molecule has 2 unspecified atom stereocenters. The summed E-state index contributed by atoms with van der Waals surface area (Å²) in [5.74, 6) is 1.49. The predicted molar refractivity (Wildman–Crippen MR) is 77.5 cm³/mol. The van der Waals surface area contributed by atoms with Crippen LogP contribution in [0.2, 0.25) is 0 Å². The summed E-state index contributed by atoms with van der Waals surface area (Å²) in [6.07, 6.45) is 2.32. The van der Waals surface area contributed by atoms with E-state index in [9.17, 15) is 0 Å². The first kappa shape index (κ1) is 13.1. The van der Waals surface area contributed by atoms with E-state index in [0.29, 0.717) is 11.5 Å². The zero-order valence-electron chi connectivity index (χ0n) is 12.0. The molecule has 1 saturated heterocycles. The average molecular weight is 269 g/mol. The van der Waals surface area contributed by atoms with Gasteiger partial charge in [0, 0.05) is 19.1 Å². The number of nitriles is 1. The van der Waals surface area contributed by atoms with Crippen molar-refractivity contribution in [3.63, 3.8) is 0 Å². The number of imidazole rings is 1. The molecule has 1 aliphatic rings. The summed E-state index contributed by atoms with van der Waals surface area (Å²) >= 11 is 0. The Balaban J connectivity index is 2.13. The molecule has 0 bridgehead atoms. The molecule has 0 saturated carbocycles. The fourth-order valence-corrected chi connectivity index (χ4v) is 3.18. The van der Waals surface area contributed by atoms with Crippen molar-refractivity contribution >= 4 is 11.0 Å². The summed E-state index contributed by atoms with van der Waals surface area (Å²) in [7, 11) is 0. The normalized spacial score (nSPS) is 22.2. The summed E-state index contributed by atoms with van der Waals surface area (Å²) in [4.78, 5) is 4.80. The summed E-state index contributed by atoms with van der Waals surface area (Å²) in [5.41, 5.74) is 2.70. The van der Waals surface area contributed by atoms with Gasteiger partial charge in [0.25, 0.3) is 0 Å². The van der Waals surface area contributed by atoms with Crippen LogP contribution < -0.4 is 0 Å². The van der Waals surface area contributed by atoms with Gasteiger partial charge >= 0.3 is 0 Å². The lowest BCUT2D eigenvalue weighted by molar-refractivity contribution is 0.0990. The lowest BCUT2D eigenvalue weighted by Crippen LogP contribution is -2.17. The highest BCUT2D eigenvalue weighted by Gasteiger charge is 2.32. The largest absolute Gasteiger partial charge is 0.377 e. The van der Waals surface area contributed by atoms with Gasteiger partial charge in [-0.2, -0.15) is 5.26 Å². The van der Waals surface area contributed by atoms with Crippen LogP contribution in [0.15, 0.2) is 18.2 Å². The molecule has 1 aromatic heterocycles. The molecule has 104 valence electrons. The first-order valence-corrected chi connectivity index (χ1v) is 7.30. The van der Waals surface area contributed by atoms with Gasteiger partial charge in [-0.15, -0.1) is 0 Å². The van der Waals surface area contributed by atoms with Crippen LogP contribution >= 0.6 is 0 Å². The molecule has 0 N–H and O–H groups in total. The van der Waals surface area contributed by atoms with Crippen LogP contribution in [0, 0.1) is 11.3 Å². The Labute approximate surface area is 119 Å². The standard InChI is InChI=1S/C16H19N3O/c1-3-15-12(7-8-20-15)16-18-13-9-11(10-17)5-6-14(13)19(16)4-2/h5-6,9,12,15H,3-4,7-8H2,1-2H3.